The molecule has 4 aromatic rings. The summed E-state index contributed by atoms with van der Waals surface area (Å²) in [5.74, 6) is 0.0558. The fourth-order valence-corrected chi connectivity index (χ4v) is 4.24. The average Bonchev–Trinajstić information content (AvgIpc) is 3.04. The van der Waals surface area contributed by atoms with Crippen LogP contribution in [0.3, 0.4) is 0 Å². The summed E-state index contributed by atoms with van der Waals surface area (Å²) in [5.41, 5.74) is 5.11. The summed E-state index contributed by atoms with van der Waals surface area (Å²) in [5, 5.41) is 1.26. The second-order valence-electron chi connectivity index (χ2n) is 8.00. The molecule has 0 saturated carbocycles. The highest BCUT2D eigenvalue weighted by molar-refractivity contribution is 5.87. The van der Waals surface area contributed by atoms with Crippen molar-refractivity contribution < 1.29 is 9.13 Å². The SMILES string of the molecule is CN1CCc2c(n(C)c3cc(-n4ccc(OCc5ccc(F)cn5)cc4=O)ccc23)C1.Cl. The lowest BCUT2D eigenvalue weighted by Crippen LogP contribution is -2.27. The normalized spacial score (nSPS) is 13.6. The summed E-state index contributed by atoms with van der Waals surface area (Å²) in [7, 11) is 4.23. The van der Waals surface area contributed by atoms with Crippen molar-refractivity contribution in [2.45, 2.75) is 19.6 Å². The Balaban J connectivity index is 0.00000245. The topological polar surface area (TPSA) is 52.3 Å². The molecular weight excluding hydrogens is 431 g/mol. The first kappa shape index (κ1) is 22.0. The van der Waals surface area contributed by atoms with E-state index >= 15 is 0 Å². The zero-order valence-corrected chi connectivity index (χ0v) is 18.7. The van der Waals surface area contributed by atoms with Crippen LogP contribution >= 0.6 is 12.4 Å². The molecule has 1 aromatic carbocycles. The van der Waals surface area contributed by atoms with Gasteiger partial charge in [-0.15, -0.1) is 12.4 Å². The van der Waals surface area contributed by atoms with Gasteiger partial charge in [-0.3, -0.25) is 14.3 Å². The molecule has 32 heavy (non-hydrogen) atoms. The van der Waals surface area contributed by atoms with Gasteiger partial charge in [-0.1, -0.05) is 6.07 Å². The van der Waals surface area contributed by atoms with E-state index in [1.54, 1.807) is 22.9 Å². The largest absolute Gasteiger partial charge is 0.487 e. The van der Waals surface area contributed by atoms with Gasteiger partial charge < -0.3 is 14.2 Å². The summed E-state index contributed by atoms with van der Waals surface area (Å²) in [4.78, 5) is 19.0. The maximum Gasteiger partial charge on any atom is 0.258 e. The Labute approximate surface area is 191 Å². The molecule has 0 saturated heterocycles. The van der Waals surface area contributed by atoms with Crippen LogP contribution in [-0.4, -0.2) is 32.6 Å². The minimum Gasteiger partial charge on any atom is -0.487 e. The van der Waals surface area contributed by atoms with Crippen LogP contribution in [0.1, 0.15) is 17.0 Å². The van der Waals surface area contributed by atoms with Gasteiger partial charge in [-0.2, -0.15) is 0 Å². The fourth-order valence-electron chi connectivity index (χ4n) is 4.24. The molecule has 0 amide bonds. The Morgan fingerprint density at radius 3 is 2.72 bits per heavy atom. The van der Waals surface area contributed by atoms with Crippen molar-refractivity contribution in [3.8, 4) is 11.4 Å². The Morgan fingerprint density at radius 2 is 1.97 bits per heavy atom. The number of rotatable bonds is 4. The molecule has 3 aromatic heterocycles. The van der Waals surface area contributed by atoms with Crippen LogP contribution in [0, 0.1) is 5.82 Å². The van der Waals surface area contributed by atoms with Crippen molar-refractivity contribution in [3.05, 3.63) is 88.0 Å². The number of benzene rings is 1. The Bertz CT molecular complexity index is 1330. The van der Waals surface area contributed by atoms with Crippen molar-refractivity contribution in [2.24, 2.45) is 7.05 Å². The van der Waals surface area contributed by atoms with Crippen LogP contribution in [0.25, 0.3) is 16.6 Å². The van der Waals surface area contributed by atoms with E-state index in [-0.39, 0.29) is 24.6 Å². The Morgan fingerprint density at radius 1 is 1.12 bits per heavy atom. The van der Waals surface area contributed by atoms with Gasteiger partial charge in [0.05, 0.1) is 23.1 Å². The Hall–Kier alpha value is -3.16. The highest BCUT2D eigenvalue weighted by atomic mass is 35.5. The highest BCUT2D eigenvalue weighted by Crippen LogP contribution is 2.31. The van der Waals surface area contributed by atoms with E-state index in [9.17, 15) is 9.18 Å². The first-order chi connectivity index (χ1) is 15.0. The van der Waals surface area contributed by atoms with Gasteiger partial charge in [-0.25, -0.2) is 4.39 Å². The molecule has 0 spiro atoms. The molecule has 1 aliphatic rings. The van der Waals surface area contributed by atoms with E-state index in [4.69, 9.17) is 4.74 Å². The van der Waals surface area contributed by atoms with Crippen molar-refractivity contribution in [2.75, 3.05) is 13.6 Å². The number of aromatic nitrogens is 3. The summed E-state index contributed by atoms with van der Waals surface area (Å²) in [6.45, 7) is 2.16. The predicted molar refractivity (Wildman–Crippen MR) is 124 cm³/mol. The third-order valence-electron chi connectivity index (χ3n) is 5.93. The monoisotopic (exact) mass is 454 g/mol. The van der Waals surface area contributed by atoms with Crippen molar-refractivity contribution >= 4 is 23.3 Å². The maximum atomic E-state index is 13.0. The smallest absolute Gasteiger partial charge is 0.258 e. The summed E-state index contributed by atoms with van der Waals surface area (Å²) in [6.07, 6.45) is 3.90. The van der Waals surface area contributed by atoms with Gasteiger partial charge in [0.1, 0.15) is 18.2 Å². The average molecular weight is 455 g/mol. The zero-order chi connectivity index (χ0) is 21.5. The first-order valence-electron chi connectivity index (χ1n) is 10.2. The van der Waals surface area contributed by atoms with Crippen molar-refractivity contribution in [3.63, 3.8) is 0 Å². The predicted octanol–water partition coefficient (Wildman–Crippen LogP) is 3.85. The van der Waals surface area contributed by atoms with Gasteiger partial charge in [0.15, 0.2) is 0 Å². The number of halogens is 2. The molecular formula is C24H24ClFN4O2. The van der Waals surface area contributed by atoms with Gasteiger partial charge in [-0.05, 0) is 49.4 Å². The summed E-state index contributed by atoms with van der Waals surface area (Å²) >= 11 is 0. The van der Waals surface area contributed by atoms with E-state index < -0.39 is 5.82 Å². The van der Waals surface area contributed by atoms with Gasteiger partial charge in [0, 0.05) is 43.5 Å². The minimum atomic E-state index is -0.394. The number of fused-ring (bicyclic) bond motifs is 3. The molecule has 6 nitrogen and oxygen atoms in total. The fraction of sp³-hybridized carbons (Fsp3) is 0.250. The second kappa shape index (κ2) is 8.76. The molecule has 0 N–H and O–H groups in total. The van der Waals surface area contributed by atoms with Crippen LogP contribution in [-0.2, 0) is 26.6 Å². The molecule has 0 fully saturated rings. The zero-order valence-electron chi connectivity index (χ0n) is 17.9. The minimum absolute atomic E-state index is 0. The number of pyridine rings is 2. The third kappa shape index (κ3) is 4.01. The van der Waals surface area contributed by atoms with Gasteiger partial charge in [0.2, 0.25) is 0 Å². The molecule has 5 rings (SSSR count). The number of aryl methyl sites for hydroxylation is 1. The lowest BCUT2D eigenvalue weighted by atomic mass is 10.0. The molecule has 0 bridgehead atoms. The van der Waals surface area contributed by atoms with E-state index in [0.717, 1.165) is 36.9 Å². The lowest BCUT2D eigenvalue weighted by molar-refractivity contribution is 0.300. The van der Waals surface area contributed by atoms with Crippen LogP contribution in [0.5, 0.6) is 5.75 Å². The standard InChI is InChI=1S/C24H23FN4O2.ClH/c1-27-9-8-21-20-6-5-18(11-22(20)28(2)23(21)14-27)29-10-7-19(12-24(29)30)31-15-17-4-3-16(25)13-26-17;/h3-7,10-13H,8-9,14-15H2,1-2H3;1H. The van der Waals surface area contributed by atoms with Crippen molar-refractivity contribution in [1.82, 2.24) is 19.0 Å². The molecule has 8 heteroatoms. The lowest BCUT2D eigenvalue weighted by Gasteiger charge is -2.23. The maximum absolute atomic E-state index is 13.0. The van der Waals surface area contributed by atoms with E-state index in [0.29, 0.717) is 11.4 Å². The quantitative estimate of drug-likeness (QED) is 0.470. The molecule has 0 atom stereocenters. The van der Waals surface area contributed by atoms with Crippen LogP contribution in [0.15, 0.2) is 59.7 Å². The number of ether oxygens (including phenoxy) is 1. The van der Waals surface area contributed by atoms with Crippen LogP contribution in [0.2, 0.25) is 0 Å². The molecule has 4 heterocycles. The van der Waals surface area contributed by atoms with Crippen LogP contribution < -0.4 is 10.3 Å². The van der Waals surface area contributed by atoms with E-state index in [2.05, 4.69) is 40.7 Å². The molecule has 0 unspecified atom stereocenters. The van der Waals surface area contributed by atoms with Crippen LogP contribution in [0.4, 0.5) is 4.39 Å². The van der Waals surface area contributed by atoms with Crippen molar-refractivity contribution in [1.29, 1.82) is 0 Å². The summed E-state index contributed by atoms with van der Waals surface area (Å²) in [6, 6.07) is 12.3. The summed E-state index contributed by atoms with van der Waals surface area (Å²) < 4.78 is 22.5. The second-order valence-corrected chi connectivity index (χ2v) is 8.00. The highest BCUT2D eigenvalue weighted by Gasteiger charge is 2.21. The van der Waals surface area contributed by atoms with Gasteiger partial charge in [0.25, 0.3) is 5.56 Å². The van der Waals surface area contributed by atoms with E-state index in [1.807, 2.05) is 6.07 Å². The third-order valence-corrected chi connectivity index (χ3v) is 5.93. The van der Waals surface area contributed by atoms with Gasteiger partial charge >= 0.3 is 0 Å². The molecule has 0 radical (unpaired) electrons. The van der Waals surface area contributed by atoms with E-state index in [1.165, 1.54) is 28.8 Å². The molecule has 0 aliphatic carbocycles. The number of likely N-dealkylation sites (N-methyl/N-ethyl adjacent to an activating group) is 1. The molecule has 166 valence electrons. The first-order valence-corrected chi connectivity index (χ1v) is 10.2. The Kier molecular flexibility index (Phi) is 6.04. The number of nitrogens with zero attached hydrogens (tertiary/aromatic N) is 4. The number of hydrogen-bond donors (Lipinski definition) is 0. The number of hydrogen-bond acceptors (Lipinski definition) is 4. The molecule has 1 aliphatic heterocycles.